The average molecular weight is 323 g/mol. The minimum atomic E-state index is -3.29. The fourth-order valence-corrected chi connectivity index (χ4v) is 3.85. The SMILES string of the molecule is NC(=NCCS(=O)(=O)c1ccccc1)NC1CCCCCC1. The lowest BCUT2D eigenvalue weighted by Gasteiger charge is -2.16. The van der Waals surface area contributed by atoms with Crippen LogP contribution in [-0.2, 0) is 9.84 Å². The Labute approximate surface area is 132 Å². The van der Waals surface area contributed by atoms with Gasteiger partial charge in [-0.3, -0.25) is 4.99 Å². The third kappa shape index (κ3) is 5.33. The molecule has 1 aromatic rings. The maximum atomic E-state index is 12.1. The zero-order chi connectivity index (χ0) is 15.8. The number of hydrogen-bond acceptors (Lipinski definition) is 3. The van der Waals surface area contributed by atoms with Crippen molar-refractivity contribution in [3.05, 3.63) is 30.3 Å². The quantitative estimate of drug-likeness (QED) is 0.494. The largest absolute Gasteiger partial charge is 0.370 e. The van der Waals surface area contributed by atoms with Crippen molar-refractivity contribution in [1.29, 1.82) is 0 Å². The summed E-state index contributed by atoms with van der Waals surface area (Å²) in [4.78, 5) is 4.50. The minimum Gasteiger partial charge on any atom is -0.370 e. The summed E-state index contributed by atoms with van der Waals surface area (Å²) < 4.78 is 24.2. The van der Waals surface area contributed by atoms with E-state index < -0.39 is 9.84 Å². The van der Waals surface area contributed by atoms with Gasteiger partial charge in [0, 0.05) is 6.04 Å². The summed E-state index contributed by atoms with van der Waals surface area (Å²) in [7, 11) is -3.29. The maximum Gasteiger partial charge on any atom is 0.188 e. The minimum absolute atomic E-state index is 0.0238. The van der Waals surface area contributed by atoms with Crippen molar-refractivity contribution in [2.75, 3.05) is 12.3 Å². The van der Waals surface area contributed by atoms with Crippen LogP contribution in [0, 0.1) is 0 Å². The number of nitrogens with zero attached hydrogens (tertiary/aromatic N) is 1. The van der Waals surface area contributed by atoms with Crippen LogP contribution >= 0.6 is 0 Å². The Morgan fingerprint density at radius 2 is 1.77 bits per heavy atom. The predicted molar refractivity (Wildman–Crippen MR) is 89.6 cm³/mol. The van der Waals surface area contributed by atoms with Gasteiger partial charge in [0.05, 0.1) is 17.2 Å². The molecule has 6 heteroatoms. The molecule has 0 atom stereocenters. The van der Waals surface area contributed by atoms with Crippen molar-refractivity contribution in [2.24, 2.45) is 10.7 Å². The molecule has 5 nitrogen and oxygen atoms in total. The van der Waals surface area contributed by atoms with Gasteiger partial charge in [-0.25, -0.2) is 8.42 Å². The van der Waals surface area contributed by atoms with Crippen LogP contribution in [0.5, 0.6) is 0 Å². The van der Waals surface area contributed by atoms with Crippen LogP contribution in [0.1, 0.15) is 38.5 Å². The number of sulfone groups is 1. The van der Waals surface area contributed by atoms with E-state index in [0.717, 1.165) is 12.8 Å². The zero-order valence-electron chi connectivity index (χ0n) is 12.9. The van der Waals surface area contributed by atoms with E-state index in [-0.39, 0.29) is 12.3 Å². The molecule has 0 aliphatic heterocycles. The van der Waals surface area contributed by atoms with Gasteiger partial charge < -0.3 is 11.1 Å². The first-order valence-electron chi connectivity index (χ1n) is 7.92. The molecular formula is C16H25N3O2S. The molecule has 0 heterocycles. The molecule has 3 N–H and O–H groups in total. The lowest BCUT2D eigenvalue weighted by molar-refractivity contribution is 0.530. The van der Waals surface area contributed by atoms with E-state index in [1.54, 1.807) is 30.3 Å². The number of nitrogens with one attached hydrogen (secondary N) is 1. The van der Waals surface area contributed by atoms with E-state index in [4.69, 9.17) is 5.73 Å². The number of guanidine groups is 1. The van der Waals surface area contributed by atoms with Crippen molar-refractivity contribution in [3.63, 3.8) is 0 Å². The number of nitrogens with two attached hydrogens (primary N) is 1. The first-order chi connectivity index (χ1) is 10.6. The molecule has 122 valence electrons. The van der Waals surface area contributed by atoms with Crippen LogP contribution in [0.2, 0.25) is 0 Å². The normalized spacial score (nSPS) is 17.9. The molecule has 1 aromatic carbocycles. The molecule has 1 saturated carbocycles. The Morgan fingerprint density at radius 3 is 2.41 bits per heavy atom. The molecule has 1 aliphatic rings. The maximum absolute atomic E-state index is 12.1. The molecule has 0 unspecified atom stereocenters. The van der Waals surface area contributed by atoms with E-state index >= 15 is 0 Å². The van der Waals surface area contributed by atoms with Crippen molar-refractivity contribution in [1.82, 2.24) is 5.32 Å². The van der Waals surface area contributed by atoms with E-state index in [2.05, 4.69) is 10.3 Å². The molecular weight excluding hydrogens is 298 g/mol. The predicted octanol–water partition coefficient (Wildman–Crippen LogP) is 2.09. The van der Waals surface area contributed by atoms with Crippen LogP contribution in [0.25, 0.3) is 0 Å². The molecule has 1 fully saturated rings. The van der Waals surface area contributed by atoms with E-state index in [1.807, 2.05) is 0 Å². The summed E-state index contributed by atoms with van der Waals surface area (Å²) in [5.74, 6) is 0.333. The molecule has 0 amide bonds. The highest BCUT2D eigenvalue weighted by Gasteiger charge is 2.14. The summed E-state index contributed by atoms with van der Waals surface area (Å²) >= 11 is 0. The Bertz CT molecular complexity index is 577. The summed E-state index contributed by atoms with van der Waals surface area (Å²) in [5, 5.41) is 3.22. The number of benzene rings is 1. The first kappa shape index (κ1) is 16.8. The molecule has 2 rings (SSSR count). The first-order valence-corrected chi connectivity index (χ1v) is 9.57. The highest BCUT2D eigenvalue weighted by molar-refractivity contribution is 7.91. The molecule has 0 saturated heterocycles. The number of rotatable bonds is 5. The van der Waals surface area contributed by atoms with Gasteiger partial charge in [-0.2, -0.15) is 0 Å². The smallest absolute Gasteiger partial charge is 0.188 e. The number of aliphatic imine (C=N–C) groups is 1. The fraction of sp³-hybridized carbons (Fsp3) is 0.562. The van der Waals surface area contributed by atoms with Crippen LogP contribution in [0.15, 0.2) is 40.2 Å². The summed E-state index contributed by atoms with van der Waals surface area (Å²) in [6.45, 7) is 0.183. The summed E-state index contributed by atoms with van der Waals surface area (Å²) in [5.41, 5.74) is 5.87. The average Bonchev–Trinajstić information content (AvgIpc) is 2.76. The molecule has 0 bridgehead atoms. The van der Waals surface area contributed by atoms with E-state index in [9.17, 15) is 8.42 Å². The van der Waals surface area contributed by atoms with Crippen LogP contribution in [0.4, 0.5) is 0 Å². The topological polar surface area (TPSA) is 84.5 Å². The van der Waals surface area contributed by atoms with Crippen molar-refractivity contribution >= 4 is 15.8 Å². The third-order valence-corrected chi connectivity index (χ3v) is 5.66. The van der Waals surface area contributed by atoms with Gasteiger partial charge in [0.25, 0.3) is 0 Å². The second-order valence-electron chi connectivity index (χ2n) is 5.73. The zero-order valence-corrected chi connectivity index (χ0v) is 13.7. The molecule has 1 aliphatic carbocycles. The Kier molecular flexibility index (Phi) is 6.24. The van der Waals surface area contributed by atoms with Gasteiger partial charge in [-0.05, 0) is 25.0 Å². The third-order valence-electron chi connectivity index (χ3n) is 3.95. The second-order valence-corrected chi connectivity index (χ2v) is 7.84. The van der Waals surface area contributed by atoms with Crippen LogP contribution < -0.4 is 11.1 Å². The van der Waals surface area contributed by atoms with Crippen molar-refractivity contribution < 1.29 is 8.42 Å². The number of hydrogen-bond donors (Lipinski definition) is 2. The molecule has 0 spiro atoms. The molecule has 0 radical (unpaired) electrons. The Hall–Kier alpha value is -1.56. The fourth-order valence-electron chi connectivity index (χ4n) is 2.71. The van der Waals surface area contributed by atoms with Crippen LogP contribution in [0.3, 0.4) is 0 Å². The van der Waals surface area contributed by atoms with Gasteiger partial charge in [0.2, 0.25) is 0 Å². The molecule has 22 heavy (non-hydrogen) atoms. The lowest BCUT2D eigenvalue weighted by Crippen LogP contribution is -2.40. The van der Waals surface area contributed by atoms with Gasteiger partial charge in [0.1, 0.15) is 0 Å². The lowest BCUT2D eigenvalue weighted by atomic mass is 10.1. The summed E-state index contributed by atoms with van der Waals surface area (Å²) in [6, 6.07) is 8.82. The highest BCUT2D eigenvalue weighted by Crippen LogP contribution is 2.17. The van der Waals surface area contributed by atoms with E-state index in [0.29, 0.717) is 16.9 Å². The standard InChI is InChI=1S/C16H25N3O2S/c17-16(19-14-8-4-1-2-5-9-14)18-12-13-22(20,21)15-10-6-3-7-11-15/h3,6-7,10-11,14H,1-2,4-5,8-9,12-13H2,(H3,17,18,19). The van der Waals surface area contributed by atoms with Crippen molar-refractivity contribution in [3.8, 4) is 0 Å². The Morgan fingerprint density at radius 1 is 1.14 bits per heavy atom. The highest BCUT2D eigenvalue weighted by atomic mass is 32.2. The second kappa shape index (κ2) is 8.17. The van der Waals surface area contributed by atoms with Gasteiger partial charge in [-0.15, -0.1) is 0 Å². The van der Waals surface area contributed by atoms with Gasteiger partial charge in [-0.1, -0.05) is 43.9 Å². The van der Waals surface area contributed by atoms with Gasteiger partial charge in [0.15, 0.2) is 15.8 Å². The van der Waals surface area contributed by atoms with E-state index in [1.165, 1.54) is 25.7 Å². The monoisotopic (exact) mass is 323 g/mol. The van der Waals surface area contributed by atoms with Gasteiger partial charge >= 0.3 is 0 Å². The molecule has 0 aromatic heterocycles. The van der Waals surface area contributed by atoms with Crippen LogP contribution in [-0.4, -0.2) is 32.7 Å². The summed E-state index contributed by atoms with van der Waals surface area (Å²) in [6.07, 6.45) is 7.22. The Balaban J connectivity index is 1.83. The van der Waals surface area contributed by atoms with Crippen molar-refractivity contribution in [2.45, 2.75) is 49.5 Å².